The van der Waals surface area contributed by atoms with E-state index in [4.69, 9.17) is 4.74 Å². The summed E-state index contributed by atoms with van der Waals surface area (Å²) in [4.78, 5) is 29.9. The fourth-order valence-corrected chi connectivity index (χ4v) is 2.55. The van der Waals surface area contributed by atoms with Crippen molar-refractivity contribution in [2.24, 2.45) is 4.99 Å². The third kappa shape index (κ3) is 2.79. The average molecular weight is 298 g/mol. The number of amides is 2. The Morgan fingerprint density at radius 2 is 1.95 bits per heavy atom. The Balaban J connectivity index is 1.72. The molecular formula is C17H18N2O3. The first kappa shape index (κ1) is 14.5. The zero-order valence-electron chi connectivity index (χ0n) is 12.5. The molecule has 0 saturated carbocycles. The van der Waals surface area contributed by atoms with Gasteiger partial charge in [-0.25, -0.2) is 0 Å². The number of carbonyl (C=O) groups excluding carboxylic acids is 2. The zero-order valence-corrected chi connectivity index (χ0v) is 12.5. The minimum atomic E-state index is -1.21. The van der Waals surface area contributed by atoms with Crippen LogP contribution in [0.15, 0.2) is 47.5 Å². The highest BCUT2D eigenvalue weighted by atomic mass is 16.5. The van der Waals surface area contributed by atoms with Gasteiger partial charge in [0.1, 0.15) is 0 Å². The molecule has 0 spiro atoms. The van der Waals surface area contributed by atoms with Crippen molar-refractivity contribution in [3.05, 3.63) is 48.0 Å². The van der Waals surface area contributed by atoms with Crippen LogP contribution >= 0.6 is 0 Å². The number of carbonyl (C=O) groups is 2. The standard InChI is InChI=1S/C17H18N2O3/c1-17(10-9-14(20)19-11-5-6-12-19)16(21)18-15(22-17)13-7-3-2-4-8-13/h2-4,7-10H,5-6,11-12H2,1H3/b10-9+/t17-/m1/s1. The van der Waals surface area contributed by atoms with Gasteiger partial charge in [-0.2, -0.15) is 4.99 Å². The lowest BCUT2D eigenvalue weighted by Crippen LogP contribution is -2.32. The van der Waals surface area contributed by atoms with E-state index in [1.807, 2.05) is 30.3 Å². The molecule has 1 saturated heterocycles. The maximum Gasteiger partial charge on any atom is 0.296 e. The van der Waals surface area contributed by atoms with Gasteiger partial charge < -0.3 is 9.64 Å². The first-order chi connectivity index (χ1) is 10.6. The Morgan fingerprint density at radius 3 is 2.64 bits per heavy atom. The van der Waals surface area contributed by atoms with Crippen LogP contribution in [0.5, 0.6) is 0 Å². The number of hydrogen-bond acceptors (Lipinski definition) is 3. The van der Waals surface area contributed by atoms with Crippen LogP contribution in [0.2, 0.25) is 0 Å². The lowest BCUT2D eigenvalue weighted by molar-refractivity contribution is -0.126. The number of ether oxygens (including phenoxy) is 1. The number of aliphatic imine (C=N–C) groups is 1. The maximum atomic E-state index is 12.1. The summed E-state index contributed by atoms with van der Waals surface area (Å²) in [5.74, 6) is -0.175. The van der Waals surface area contributed by atoms with Crippen molar-refractivity contribution in [3.63, 3.8) is 0 Å². The van der Waals surface area contributed by atoms with Crippen LogP contribution < -0.4 is 0 Å². The summed E-state index contributed by atoms with van der Waals surface area (Å²) in [6.45, 7) is 3.18. The molecule has 0 aromatic heterocycles. The maximum absolute atomic E-state index is 12.1. The van der Waals surface area contributed by atoms with E-state index in [9.17, 15) is 9.59 Å². The van der Waals surface area contributed by atoms with Crippen LogP contribution in [0, 0.1) is 0 Å². The van der Waals surface area contributed by atoms with Gasteiger partial charge in [-0.15, -0.1) is 0 Å². The normalized spacial score (nSPS) is 24.7. The Morgan fingerprint density at radius 1 is 1.27 bits per heavy atom. The van der Waals surface area contributed by atoms with Gasteiger partial charge in [-0.3, -0.25) is 9.59 Å². The van der Waals surface area contributed by atoms with Gasteiger partial charge in [-0.05, 0) is 38.0 Å². The molecule has 5 nitrogen and oxygen atoms in total. The van der Waals surface area contributed by atoms with Gasteiger partial charge >= 0.3 is 0 Å². The molecule has 22 heavy (non-hydrogen) atoms. The molecule has 2 aliphatic heterocycles. The van der Waals surface area contributed by atoms with Crippen molar-refractivity contribution >= 4 is 17.7 Å². The predicted molar refractivity (Wildman–Crippen MR) is 82.4 cm³/mol. The van der Waals surface area contributed by atoms with Crippen molar-refractivity contribution in [1.29, 1.82) is 0 Å². The Kier molecular flexibility index (Phi) is 3.79. The van der Waals surface area contributed by atoms with E-state index in [1.165, 1.54) is 12.2 Å². The molecule has 2 amide bonds. The van der Waals surface area contributed by atoms with Gasteiger partial charge in [0.2, 0.25) is 17.4 Å². The van der Waals surface area contributed by atoms with E-state index in [-0.39, 0.29) is 5.91 Å². The molecule has 114 valence electrons. The minimum absolute atomic E-state index is 0.0803. The summed E-state index contributed by atoms with van der Waals surface area (Å²) < 4.78 is 5.70. The molecule has 2 heterocycles. The second kappa shape index (κ2) is 5.75. The highest BCUT2D eigenvalue weighted by Crippen LogP contribution is 2.25. The van der Waals surface area contributed by atoms with E-state index in [1.54, 1.807) is 11.8 Å². The highest BCUT2D eigenvalue weighted by Gasteiger charge is 2.40. The fraction of sp³-hybridized carbons (Fsp3) is 0.353. The van der Waals surface area contributed by atoms with Gasteiger partial charge in [0.05, 0.1) is 0 Å². The molecule has 0 unspecified atom stereocenters. The van der Waals surface area contributed by atoms with Crippen molar-refractivity contribution in [2.45, 2.75) is 25.4 Å². The molecule has 1 atom stereocenters. The third-order valence-electron chi connectivity index (χ3n) is 3.92. The van der Waals surface area contributed by atoms with Gasteiger partial charge in [0.15, 0.2) is 0 Å². The van der Waals surface area contributed by atoms with Gasteiger partial charge in [0.25, 0.3) is 5.91 Å². The molecule has 0 radical (unpaired) electrons. The third-order valence-corrected chi connectivity index (χ3v) is 3.92. The molecule has 0 N–H and O–H groups in total. The molecular weight excluding hydrogens is 280 g/mol. The second-order valence-corrected chi connectivity index (χ2v) is 5.66. The molecule has 3 rings (SSSR count). The summed E-state index contributed by atoms with van der Waals surface area (Å²) in [5.41, 5.74) is -0.459. The van der Waals surface area contributed by atoms with E-state index < -0.39 is 11.5 Å². The second-order valence-electron chi connectivity index (χ2n) is 5.66. The summed E-state index contributed by atoms with van der Waals surface area (Å²) >= 11 is 0. The number of nitrogens with zero attached hydrogens (tertiary/aromatic N) is 2. The molecule has 0 aliphatic carbocycles. The molecule has 0 bridgehead atoms. The van der Waals surface area contributed by atoms with Crippen molar-refractivity contribution in [1.82, 2.24) is 4.90 Å². The average Bonchev–Trinajstić information content (AvgIpc) is 3.16. The lowest BCUT2D eigenvalue weighted by atomic mass is 10.1. The number of benzene rings is 1. The van der Waals surface area contributed by atoms with Crippen LogP contribution in [-0.2, 0) is 14.3 Å². The quantitative estimate of drug-likeness (QED) is 0.801. The van der Waals surface area contributed by atoms with Crippen LogP contribution in [0.4, 0.5) is 0 Å². The van der Waals surface area contributed by atoms with Crippen LogP contribution in [-0.4, -0.2) is 41.3 Å². The summed E-state index contributed by atoms with van der Waals surface area (Å²) in [7, 11) is 0. The van der Waals surface area contributed by atoms with Crippen LogP contribution in [0.25, 0.3) is 0 Å². The highest BCUT2D eigenvalue weighted by molar-refractivity contribution is 6.10. The number of hydrogen-bond donors (Lipinski definition) is 0. The van der Waals surface area contributed by atoms with E-state index >= 15 is 0 Å². The van der Waals surface area contributed by atoms with Crippen LogP contribution in [0.3, 0.4) is 0 Å². The lowest BCUT2D eigenvalue weighted by Gasteiger charge is -2.18. The largest absolute Gasteiger partial charge is 0.456 e. The zero-order chi connectivity index (χ0) is 15.6. The topological polar surface area (TPSA) is 59.0 Å². The number of likely N-dealkylation sites (tertiary alicyclic amines) is 1. The minimum Gasteiger partial charge on any atom is -0.456 e. The number of rotatable bonds is 3. The molecule has 1 fully saturated rings. The first-order valence-electron chi connectivity index (χ1n) is 7.44. The summed E-state index contributed by atoms with van der Waals surface area (Å²) in [5, 5.41) is 0. The molecule has 2 aliphatic rings. The smallest absolute Gasteiger partial charge is 0.296 e. The van der Waals surface area contributed by atoms with E-state index in [0.717, 1.165) is 31.5 Å². The fourth-order valence-electron chi connectivity index (χ4n) is 2.55. The summed E-state index contributed by atoms with van der Waals surface area (Å²) in [6.07, 6.45) is 5.00. The van der Waals surface area contributed by atoms with Crippen molar-refractivity contribution in [2.75, 3.05) is 13.1 Å². The van der Waals surface area contributed by atoms with Crippen molar-refractivity contribution < 1.29 is 14.3 Å². The first-order valence-corrected chi connectivity index (χ1v) is 7.44. The van der Waals surface area contributed by atoms with Crippen molar-refractivity contribution in [3.8, 4) is 0 Å². The SMILES string of the molecule is C[C@]1(/C=C/C(=O)N2CCCC2)OC(c2ccccc2)=NC1=O. The predicted octanol–water partition coefficient (Wildman–Crippen LogP) is 1.93. The molecule has 1 aromatic carbocycles. The van der Waals surface area contributed by atoms with Gasteiger partial charge in [0, 0.05) is 24.7 Å². The molecule has 1 aromatic rings. The van der Waals surface area contributed by atoms with E-state index in [2.05, 4.69) is 4.99 Å². The Labute approximate surface area is 129 Å². The van der Waals surface area contributed by atoms with Gasteiger partial charge in [-0.1, -0.05) is 18.2 Å². The van der Waals surface area contributed by atoms with Crippen LogP contribution in [0.1, 0.15) is 25.3 Å². The Bertz CT molecular complexity index is 645. The summed E-state index contributed by atoms with van der Waals surface area (Å²) in [6, 6.07) is 9.25. The monoisotopic (exact) mass is 298 g/mol. The Hall–Kier alpha value is -2.43. The van der Waals surface area contributed by atoms with E-state index in [0.29, 0.717) is 5.90 Å². The molecule has 5 heteroatoms.